The van der Waals surface area contributed by atoms with Gasteiger partial charge in [0.25, 0.3) is 5.56 Å². The van der Waals surface area contributed by atoms with Crippen LogP contribution in [0.2, 0.25) is 0 Å². The number of carbonyl (C=O) groups excluding carboxylic acids is 1. The number of phenolic OH excluding ortho intramolecular Hbond substituents is 1. The van der Waals surface area contributed by atoms with Crippen molar-refractivity contribution in [3.05, 3.63) is 75.1 Å². The summed E-state index contributed by atoms with van der Waals surface area (Å²) in [5.41, 5.74) is 3.02. The molecule has 0 spiro atoms. The summed E-state index contributed by atoms with van der Waals surface area (Å²) in [5.74, 6) is 0.871. The Labute approximate surface area is 184 Å². The number of fused-ring (bicyclic) bond motifs is 1. The molecule has 0 bridgehead atoms. The van der Waals surface area contributed by atoms with Gasteiger partial charge < -0.3 is 19.7 Å². The monoisotopic (exact) mass is 437 g/mol. The van der Waals surface area contributed by atoms with Crippen LogP contribution in [0.5, 0.6) is 11.5 Å². The van der Waals surface area contributed by atoms with Gasteiger partial charge in [0.1, 0.15) is 17.3 Å². The fraction of sp³-hybridized carbons (Fsp3) is 0.261. The first kappa shape index (κ1) is 21.0. The van der Waals surface area contributed by atoms with E-state index < -0.39 is 5.92 Å². The van der Waals surface area contributed by atoms with Crippen LogP contribution in [0.1, 0.15) is 34.6 Å². The zero-order chi connectivity index (χ0) is 22.1. The molecule has 0 radical (unpaired) electrons. The van der Waals surface area contributed by atoms with E-state index in [4.69, 9.17) is 4.74 Å². The first-order chi connectivity index (χ1) is 14.9. The van der Waals surface area contributed by atoms with Crippen molar-refractivity contribution >= 4 is 23.5 Å². The van der Waals surface area contributed by atoms with Gasteiger partial charge in [-0.15, -0.1) is 0 Å². The van der Waals surface area contributed by atoms with Crippen molar-refractivity contribution in [2.75, 3.05) is 12.4 Å². The molecule has 0 aliphatic carbocycles. The number of aromatic nitrogens is 2. The predicted octanol–water partition coefficient (Wildman–Crippen LogP) is 3.57. The zero-order valence-electron chi connectivity index (χ0n) is 17.5. The molecule has 0 saturated carbocycles. The lowest BCUT2D eigenvalue weighted by Gasteiger charge is -2.28. The maximum atomic E-state index is 13.1. The lowest BCUT2D eigenvalue weighted by atomic mass is 9.86. The molecule has 0 unspecified atom stereocenters. The van der Waals surface area contributed by atoms with E-state index in [0.29, 0.717) is 33.6 Å². The van der Waals surface area contributed by atoms with Crippen LogP contribution in [0.25, 0.3) is 0 Å². The Morgan fingerprint density at radius 1 is 1.23 bits per heavy atom. The highest BCUT2D eigenvalue weighted by Crippen LogP contribution is 2.40. The first-order valence-electron chi connectivity index (χ1n) is 9.83. The number of methoxy groups -OCH3 is 1. The van der Waals surface area contributed by atoms with Crippen molar-refractivity contribution in [3.8, 4) is 11.5 Å². The van der Waals surface area contributed by atoms with E-state index in [-0.39, 0.29) is 23.6 Å². The number of rotatable bonds is 5. The molecule has 1 amide bonds. The third kappa shape index (κ3) is 4.16. The Balaban J connectivity index is 1.74. The van der Waals surface area contributed by atoms with E-state index in [1.54, 1.807) is 17.7 Å². The Kier molecular flexibility index (Phi) is 5.73. The van der Waals surface area contributed by atoms with Crippen molar-refractivity contribution < 1.29 is 14.6 Å². The van der Waals surface area contributed by atoms with Crippen molar-refractivity contribution in [2.24, 2.45) is 7.05 Å². The number of nitrogens with one attached hydrogen (secondary N) is 1. The lowest BCUT2D eigenvalue weighted by molar-refractivity contribution is -0.116. The topological polar surface area (TPSA) is 93.4 Å². The largest absolute Gasteiger partial charge is 0.508 e. The first-order valence-corrected chi connectivity index (χ1v) is 10.8. The van der Waals surface area contributed by atoms with Crippen LogP contribution in [0.15, 0.2) is 52.4 Å². The summed E-state index contributed by atoms with van der Waals surface area (Å²) in [4.78, 5) is 29.9. The summed E-state index contributed by atoms with van der Waals surface area (Å²) in [6, 6.07) is 12.9. The minimum atomic E-state index is -0.512. The van der Waals surface area contributed by atoms with Crippen molar-refractivity contribution in [1.29, 1.82) is 0 Å². The SMILES string of the molecule is COc1cc(O)ccc1[C@@H]1CC(=O)Nc2c1c(=O)nc(SCc1ccc(C)cc1)n2C. The molecule has 1 atom stereocenters. The number of amides is 1. The minimum Gasteiger partial charge on any atom is -0.508 e. The van der Waals surface area contributed by atoms with Gasteiger partial charge in [-0.3, -0.25) is 9.59 Å². The van der Waals surface area contributed by atoms with Crippen LogP contribution in [0.3, 0.4) is 0 Å². The molecule has 2 N–H and O–H groups in total. The van der Waals surface area contributed by atoms with E-state index in [1.165, 1.54) is 36.6 Å². The van der Waals surface area contributed by atoms with E-state index in [2.05, 4.69) is 10.3 Å². The molecule has 1 aliphatic heterocycles. The van der Waals surface area contributed by atoms with Crippen LogP contribution in [-0.4, -0.2) is 27.7 Å². The fourth-order valence-corrected chi connectivity index (χ4v) is 4.67. The van der Waals surface area contributed by atoms with Gasteiger partial charge in [-0.1, -0.05) is 47.7 Å². The number of anilines is 1. The van der Waals surface area contributed by atoms with E-state index in [1.807, 2.05) is 31.2 Å². The molecule has 31 heavy (non-hydrogen) atoms. The molecule has 8 heteroatoms. The van der Waals surface area contributed by atoms with Gasteiger partial charge in [0, 0.05) is 36.8 Å². The second kappa shape index (κ2) is 8.47. The van der Waals surface area contributed by atoms with Gasteiger partial charge in [-0.05, 0) is 18.6 Å². The van der Waals surface area contributed by atoms with Gasteiger partial charge in [0.15, 0.2) is 5.16 Å². The molecule has 0 saturated heterocycles. The predicted molar refractivity (Wildman–Crippen MR) is 120 cm³/mol. The number of aryl methyl sites for hydroxylation is 1. The number of hydrogen-bond acceptors (Lipinski definition) is 6. The van der Waals surface area contributed by atoms with Crippen molar-refractivity contribution in [1.82, 2.24) is 9.55 Å². The maximum Gasteiger partial charge on any atom is 0.279 e. The number of carbonyl (C=O) groups is 1. The molecule has 2 aromatic carbocycles. The molecule has 0 fully saturated rings. The van der Waals surface area contributed by atoms with Gasteiger partial charge in [0.05, 0.1) is 12.7 Å². The Hall–Kier alpha value is -3.26. The van der Waals surface area contributed by atoms with Gasteiger partial charge in [0.2, 0.25) is 5.91 Å². The second-order valence-electron chi connectivity index (χ2n) is 7.53. The minimum absolute atomic E-state index is 0.0509. The average molecular weight is 438 g/mol. The number of aromatic hydroxyl groups is 1. The molecular formula is C23H23N3O4S. The van der Waals surface area contributed by atoms with Crippen LogP contribution < -0.4 is 15.6 Å². The average Bonchev–Trinajstić information content (AvgIpc) is 2.75. The summed E-state index contributed by atoms with van der Waals surface area (Å²) >= 11 is 1.44. The normalized spacial score (nSPS) is 15.3. The quantitative estimate of drug-likeness (QED) is 0.468. The summed E-state index contributed by atoms with van der Waals surface area (Å²) in [6.07, 6.45) is 0.0981. The number of nitrogens with zero attached hydrogens (tertiary/aromatic N) is 2. The molecule has 2 heterocycles. The summed E-state index contributed by atoms with van der Waals surface area (Å²) in [6.45, 7) is 2.04. The Bertz CT molecular complexity index is 1200. The van der Waals surface area contributed by atoms with Crippen LogP contribution in [-0.2, 0) is 17.6 Å². The second-order valence-corrected chi connectivity index (χ2v) is 8.47. The highest BCUT2D eigenvalue weighted by molar-refractivity contribution is 7.98. The highest BCUT2D eigenvalue weighted by atomic mass is 32.2. The molecule has 4 rings (SSSR count). The van der Waals surface area contributed by atoms with Gasteiger partial charge in [-0.2, -0.15) is 4.98 Å². The number of ether oxygens (including phenoxy) is 1. The van der Waals surface area contributed by atoms with E-state index >= 15 is 0 Å². The molecule has 1 aromatic heterocycles. The molecular weight excluding hydrogens is 414 g/mol. The van der Waals surface area contributed by atoms with Crippen LogP contribution >= 0.6 is 11.8 Å². The maximum absolute atomic E-state index is 13.1. The number of phenols is 1. The van der Waals surface area contributed by atoms with Crippen molar-refractivity contribution in [2.45, 2.75) is 30.2 Å². The summed E-state index contributed by atoms with van der Waals surface area (Å²) in [7, 11) is 3.28. The Morgan fingerprint density at radius 2 is 1.97 bits per heavy atom. The van der Waals surface area contributed by atoms with Gasteiger partial charge in [-0.25, -0.2) is 0 Å². The van der Waals surface area contributed by atoms with Gasteiger partial charge >= 0.3 is 0 Å². The number of benzene rings is 2. The number of hydrogen-bond donors (Lipinski definition) is 2. The third-order valence-electron chi connectivity index (χ3n) is 5.38. The number of thioether (sulfide) groups is 1. The standard InChI is InChI=1S/C23H23N3O4S/c1-13-4-6-14(7-5-13)12-31-23-25-22(29)20-17(11-19(28)24-21(20)26(23)2)16-9-8-15(27)10-18(16)30-3/h4-10,17,27H,11-12H2,1-3H3,(H,24,28)/t17-/m0/s1. The van der Waals surface area contributed by atoms with E-state index in [9.17, 15) is 14.7 Å². The smallest absolute Gasteiger partial charge is 0.279 e. The Morgan fingerprint density at radius 3 is 2.68 bits per heavy atom. The molecule has 3 aromatic rings. The van der Waals surface area contributed by atoms with Crippen LogP contribution in [0.4, 0.5) is 5.82 Å². The molecule has 1 aliphatic rings. The zero-order valence-corrected chi connectivity index (χ0v) is 18.3. The molecule has 7 nitrogen and oxygen atoms in total. The summed E-state index contributed by atoms with van der Waals surface area (Å²) < 4.78 is 7.15. The fourth-order valence-electron chi connectivity index (χ4n) is 3.75. The van der Waals surface area contributed by atoms with Crippen molar-refractivity contribution in [3.63, 3.8) is 0 Å². The lowest BCUT2D eigenvalue weighted by Crippen LogP contribution is -2.33. The summed E-state index contributed by atoms with van der Waals surface area (Å²) in [5, 5.41) is 13.2. The van der Waals surface area contributed by atoms with Crippen LogP contribution in [0, 0.1) is 6.92 Å². The third-order valence-corrected chi connectivity index (χ3v) is 6.48. The highest BCUT2D eigenvalue weighted by Gasteiger charge is 2.33. The molecule has 160 valence electrons. The van der Waals surface area contributed by atoms with E-state index in [0.717, 1.165) is 5.56 Å².